The van der Waals surface area contributed by atoms with Gasteiger partial charge in [-0.05, 0) is 40.9 Å². The predicted octanol–water partition coefficient (Wildman–Crippen LogP) is 2.91. The topological polar surface area (TPSA) is 55.4 Å². The van der Waals surface area contributed by atoms with Crippen molar-refractivity contribution >= 4 is 37.3 Å². The number of methoxy groups -OCH3 is 1. The first-order valence-corrected chi connectivity index (χ1v) is 8.77. The Balaban J connectivity index is 2.85. The normalized spacial score (nSPS) is 13.8. The summed E-state index contributed by atoms with van der Waals surface area (Å²) >= 11 is 4.56. The lowest BCUT2D eigenvalue weighted by molar-refractivity contribution is 0.171. The number of ether oxygens (including phenoxy) is 1. The summed E-state index contributed by atoms with van der Waals surface area (Å²) in [6.07, 6.45) is 1.67. The maximum absolute atomic E-state index is 12.2. The predicted molar refractivity (Wildman–Crippen MR) is 77.6 cm³/mol. The molecule has 1 unspecified atom stereocenters. The summed E-state index contributed by atoms with van der Waals surface area (Å²) in [5.74, 6) is 0. The van der Waals surface area contributed by atoms with Crippen LogP contribution in [0.1, 0.15) is 25.3 Å². The van der Waals surface area contributed by atoms with E-state index >= 15 is 0 Å². The van der Waals surface area contributed by atoms with E-state index in [1.165, 1.54) is 11.3 Å². The van der Waals surface area contributed by atoms with Crippen molar-refractivity contribution in [2.24, 2.45) is 0 Å². The number of aryl methyl sites for hydroxylation is 1. The van der Waals surface area contributed by atoms with Gasteiger partial charge in [0.15, 0.2) is 0 Å². The van der Waals surface area contributed by atoms with E-state index in [-0.39, 0.29) is 6.04 Å². The molecule has 1 N–H and O–H groups in total. The number of hydrogen-bond donors (Lipinski definition) is 1. The van der Waals surface area contributed by atoms with Crippen LogP contribution < -0.4 is 4.72 Å². The van der Waals surface area contributed by atoms with Gasteiger partial charge in [0, 0.05) is 13.2 Å². The van der Waals surface area contributed by atoms with Crippen LogP contribution in [0, 0.1) is 6.92 Å². The zero-order valence-corrected chi connectivity index (χ0v) is 13.9. The molecule has 0 aliphatic heterocycles. The quantitative estimate of drug-likeness (QED) is 0.817. The van der Waals surface area contributed by atoms with Gasteiger partial charge in [-0.1, -0.05) is 13.3 Å². The molecule has 7 heteroatoms. The number of sulfonamides is 1. The number of halogens is 1. The summed E-state index contributed by atoms with van der Waals surface area (Å²) in [5, 5.41) is 0. The molecular formula is C11H18BrNO3S2. The molecule has 0 amide bonds. The van der Waals surface area contributed by atoms with Gasteiger partial charge in [-0.15, -0.1) is 11.3 Å². The highest BCUT2D eigenvalue weighted by molar-refractivity contribution is 9.11. The van der Waals surface area contributed by atoms with Crippen molar-refractivity contribution in [1.82, 2.24) is 4.72 Å². The van der Waals surface area contributed by atoms with Crippen molar-refractivity contribution in [2.45, 2.75) is 36.9 Å². The van der Waals surface area contributed by atoms with Gasteiger partial charge in [-0.25, -0.2) is 13.1 Å². The molecule has 18 heavy (non-hydrogen) atoms. The Morgan fingerprint density at radius 2 is 2.22 bits per heavy atom. The summed E-state index contributed by atoms with van der Waals surface area (Å²) in [4.78, 5) is 0. The minimum absolute atomic E-state index is 0.175. The molecule has 104 valence electrons. The van der Waals surface area contributed by atoms with Crippen molar-refractivity contribution in [3.63, 3.8) is 0 Å². The van der Waals surface area contributed by atoms with Crippen LogP contribution in [0.25, 0.3) is 0 Å². The van der Waals surface area contributed by atoms with Crippen LogP contribution in [0.4, 0.5) is 0 Å². The Hall–Kier alpha value is 0.0500. The lowest BCUT2D eigenvalue weighted by Crippen LogP contribution is -2.37. The molecule has 0 aromatic carbocycles. The number of hydrogen-bond acceptors (Lipinski definition) is 4. The van der Waals surface area contributed by atoms with Gasteiger partial charge in [0.25, 0.3) is 0 Å². The van der Waals surface area contributed by atoms with E-state index in [0.29, 0.717) is 10.8 Å². The minimum atomic E-state index is -3.45. The van der Waals surface area contributed by atoms with E-state index in [0.717, 1.165) is 22.2 Å². The highest BCUT2D eigenvalue weighted by atomic mass is 79.9. The van der Waals surface area contributed by atoms with Gasteiger partial charge in [-0.3, -0.25) is 0 Å². The van der Waals surface area contributed by atoms with Crippen molar-refractivity contribution in [3.8, 4) is 0 Å². The van der Waals surface area contributed by atoms with Crippen LogP contribution in [0.2, 0.25) is 0 Å². The number of rotatable bonds is 7. The van der Waals surface area contributed by atoms with Crippen molar-refractivity contribution in [2.75, 3.05) is 13.7 Å². The van der Waals surface area contributed by atoms with Crippen molar-refractivity contribution in [1.29, 1.82) is 0 Å². The maximum Gasteiger partial charge on any atom is 0.250 e. The monoisotopic (exact) mass is 355 g/mol. The Morgan fingerprint density at radius 1 is 1.56 bits per heavy atom. The van der Waals surface area contributed by atoms with Crippen LogP contribution in [0.15, 0.2) is 14.1 Å². The summed E-state index contributed by atoms with van der Waals surface area (Å²) < 4.78 is 33.3. The molecule has 0 saturated carbocycles. The van der Waals surface area contributed by atoms with E-state index in [4.69, 9.17) is 4.74 Å². The zero-order chi connectivity index (χ0) is 13.8. The third-order valence-corrected chi connectivity index (χ3v) is 6.56. The third kappa shape index (κ3) is 4.31. The minimum Gasteiger partial charge on any atom is -0.383 e. The standard InChI is InChI=1S/C11H18BrNO3S2/c1-4-5-9(7-16-3)13-18(14,15)10-6-8(2)11(12)17-10/h6,9,13H,4-5,7H2,1-3H3. The highest BCUT2D eigenvalue weighted by Crippen LogP contribution is 2.30. The van der Waals surface area contributed by atoms with E-state index in [2.05, 4.69) is 20.7 Å². The van der Waals surface area contributed by atoms with Crippen LogP contribution >= 0.6 is 27.3 Å². The van der Waals surface area contributed by atoms with Gasteiger partial charge in [0.05, 0.1) is 10.4 Å². The number of nitrogens with one attached hydrogen (secondary N) is 1. The molecule has 1 aromatic rings. The molecule has 0 bridgehead atoms. The SMILES string of the molecule is CCCC(COC)NS(=O)(=O)c1cc(C)c(Br)s1. The second-order valence-corrected chi connectivity index (χ2v) is 8.40. The fourth-order valence-corrected chi connectivity index (χ4v) is 5.06. The molecule has 0 radical (unpaired) electrons. The van der Waals surface area contributed by atoms with E-state index in [1.54, 1.807) is 13.2 Å². The fraction of sp³-hybridized carbons (Fsp3) is 0.636. The highest BCUT2D eigenvalue weighted by Gasteiger charge is 2.22. The van der Waals surface area contributed by atoms with Crippen molar-refractivity contribution < 1.29 is 13.2 Å². The molecule has 1 atom stereocenters. The average molecular weight is 356 g/mol. The third-order valence-electron chi connectivity index (χ3n) is 2.43. The van der Waals surface area contributed by atoms with Gasteiger partial charge < -0.3 is 4.74 Å². The summed E-state index contributed by atoms with van der Waals surface area (Å²) in [6.45, 7) is 4.28. The van der Waals surface area contributed by atoms with E-state index in [9.17, 15) is 8.42 Å². The van der Waals surface area contributed by atoms with Crippen molar-refractivity contribution in [3.05, 3.63) is 15.4 Å². The molecule has 0 aliphatic carbocycles. The Morgan fingerprint density at radius 3 is 2.67 bits per heavy atom. The Labute approximate surface area is 121 Å². The summed E-state index contributed by atoms with van der Waals surface area (Å²) in [5.41, 5.74) is 0.930. The smallest absolute Gasteiger partial charge is 0.250 e. The van der Waals surface area contributed by atoms with Gasteiger partial charge in [0.1, 0.15) is 4.21 Å². The number of thiophene rings is 1. The molecule has 1 heterocycles. The first-order chi connectivity index (χ1) is 8.40. The van der Waals surface area contributed by atoms with Crippen LogP contribution in [0.5, 0.6) is 0 Å². The molecular weight excluding hydrogens is 338 g/mol. The first kappa shape index (κ1) is 16.1. The van der Waals surface area contributed by atoms with Crippen LogP contribution in [0.3, 0.4) is 0 Å². The molecule has 0 aliphatic rings. The average Bonchev–Trinajstić information content (AvgIpc) is 2.60. The largest absolute Gasteiger partial charge is 0.383 e. The molecule has 0 spiro atoms. The molecule has 1 rings (SSSR count). The second-order valence-electron chi connectivity index (χ2n) is 4.08. The zero-order valence-electron chi connectivity index (χ0n) is 10.7. The van der Waals surface area contributed by atoms with Crippen LogP contribution in [-0.2, 0) is 14.8 Å². The van der Waals surface area contributed by atoms with Gasteiger partial charge in [-0.2, -0.15) is 0 Å². The lowest BCUT2D eigenvalue weighted by Gasteiger charge is -2.16. The molecule has 0 fully saturated rings. The fourth-order valence-electron chi connectivity index (χ4n) is 1.57. The van der Waals surface area contributed by atoms with Crippen LogP contribution in [-0.4, -0.2) is 28.2 Å². The molecule has 0 saturated heterocycles. The van der Waals surface area contributed by atoms with Gasteiger partial charge in [0.2, 0.25) is 10.0 Å². The summed E-state index contributed by atoms with van der Waals surface area (Å²) in [6, 6.07) is 1.50. The molecule has 1 aromatic heterocycles. The van der Waals surface area contributed by atoms with E-state index in [1.807, 2.05) is 13.8 Å². The lowest BCUT2D eigenvalue weighted by atomic mass is 10.2. The molecule has 4 nitrogen and oxygen atoms in total. The van der Waals surface area contributed by atoms with E-state index < -0.39 is 10.0 Å². The van der Waals surface area contributed by atoms with Gasteiger partial charge >= 0.3 is 0 Å². The maximum atomic E-state index is 12.2. The Bertz CT molecular complexity index is 459. The second kappa shape index (κ2) is 7.00. The first-order valence-electron chi connectivity index (χ1n) is 5.68. The summed E-state index contributed by atoms with van der Waals surface area (Å²) in [7, 11) is -1.87. The Kier molecular flexibility index (Phi) is 6.26.